The second-order valence-corrected chi connectivity index (χ2v) is 7.25. The maximum atomic E-state index is 13.5. The number of benzene rings is 1. The van der Waals surface area contributed by atoms with E-state index in [0.29, 0.717) is 19.0 Å². The number of halogens is 1. The van der Waals surface area contributed by atoms with Gasteiger partial charge >= 0.3 is 0 Å². The lowest BCUT2D eigenvalue weighted by Crippen LogP contribution is -2.37. The molecule has 6 nitrogen and oxygen atoms in total. The van der Waals surface area contributed by atoms with Crippen LogP contribution < -0.4 is 5.32 Å². The monoisotopic (exact) mass is 375 g/mol. The van der Waals surface area contributed by atoms with Gasteiger partial charge in [0.2, 0.25) is 11.8 Å². The third-order valence-electron chi connectivity index (χ3n) is 4.53. The van der Waals surface area contributed by atoms with Gasteiger partial charge in [0.05, 0.1) is 18.3 Å². The van der Waals surface area contributed by atoms with Gasteiger partial charge in [-0.1, -0.05) is 31.1 Å². The summed E-state index contributed by atoms with van der Waals surface area (Å²) in [7, 11) is 0. The van der Waals surface area contributed by atoms with Crippen molar-refractivity contribution in [2.45, 2.75) is 45.3 Å². The Morgan fingerprint density at radius 1 is 1.41 bits per heavy atom. The second-order valence-electron chi connectivity index (χ2n) is 7.25. The first-order valence-electron chi connectivity index (χ1n) is 9.34. The molecule has 27 heavy (non-hydrogen) atoms. The smallest absolute Gasteiger partial charge is 0.240 e. The SMILES string of the molecule is CC(C)c1cc(NC(=O)CN(Cc2cccc(F)c2)CC2CCCO2)on1. The van der Waals surface area contributed by atoms with Crippen LogP contribution in [0.2, 0.25) is 0 Å². The van der Waals surface area contributed by atoms with Crippen LogP contribution in [0.1, 0.15) is 43.9 Å². The van der Waals surface area contributed by atoms with E-state index in [0.717, 1.165) is 30.7 Å². The molecule has 1 fully saturated rings. The summed E-state index contributed by atoms with van der Waals surface area (Å²) in [6, 6.07) is 8.17. The number of nitrogens with one attached hydrogen (secondary N) is 1. The number of ether oxygens (including phenoxy) is 1. The van der Waals surface area contributed by atoms with Crippen LogP contribution in [0, 0.1) is 5.82 Å². The molecule has 1 unspecified atom stereocenters. The summed E-state index contributed by atoms with van der Waals surface area (Å²) in [4.78, 5) is 14.4. The molecule has 3 rings (SSSR count). The summed E-state index contributed by atoms with van der Waals surface area (Å²) in [5.41, 5.74) is 1.61. The number of anilines is 1. The standard InChI is InChI=1S/C20H26FN3O3/c1-14(2)18-10-20(27-23-18)22-19(25)13-24(12-17-7-4-8-26-17)11-15-5-3-6-16(21)9-15/h3,5-6,9-10,14,17H,4,7-8,11-13H2,1-2H3,(H,22,25). The van der Waals surface area contributed by atoms with Gasteiger partial charge in [0.1, 0.15) is 5.82 Å². The number of aromatic nitrogens is 1. The van der Waals surface area contributed by atoms with Crippen molar-refractivity contribution in [3.8, 4) is 0 Å². The lowest BCUT2D eigenvalue weighted by atomic mass is 10.1. The van der Waals surface area contributed by atoms with Crippen molar-refractivity contribution in [3.05, 3.63) is 47.4 Å². The van der Waals surface area contributed by atoms with Gasteiger partial charge in [-0.05, 0) is 36.5 Å². The highest BCUT2D eigenvalue weighted by Gasteiger charge is 2.22. The highest BCUT2D eigenvalue weighted by Crippen LogP contribution is 2.18. The molecule has 1 amide bonds. The van der Waals surface area contributed by atoms with E-state index in [1.54, 1.807) is 12.1 Å². The molecule has 7 heteroatoms. The average molecular weight is 375 g/mol. The molecule has 0 aliphatic carbocycles. The number of hydrogen-bond acceptors (Lipinski definition) is 5. The summed E-state index contributed by atoms with van der Waals surface area (Å²) in [6.07, 6.45) is 2.10. The Bertz CT molecular complexity index is 756. The first-order valence-corrected chi connectivity index (χ1v) is 9.34. The summed E-state index contributed by atoms with van der Waals surface area (Å²) in [5, 5.41) is 6.69. The predicted octanol–water partition coefficient (Wildman–Crippen LogP) is 3.56. The molecule has 1 N–H and O–H groups in total. The minimum Gasteiger partial charge on any atom is -0.377 e. The largest absolute Gasteiger partial charge is 0.377 e. The minimum atomic E-state index is -0.281. The van der Waals surface area contributed by atoms with Gasteiger partial charge in [0.15, 0.2) is 0 Å². The van der Waals surface area contributed by atoms with Gasteiger partial charge in [0.25, 0.3) is 0 Å². The molecule has 0 saturated carbocycles. The van der Waals surface area contributed by atoms with Crippen molar-refractivity contribution in [2.75, 3.05) is 25.0 Å². The fraction of sp³-hybridized carbons (Fsp3) is 0.500. The zero-order valence-electron chi connectivity index (χ0n) is 15.8. The van der Waals surface area contributed by atoms with Gasteiger partial charge in [-0.2, -0.15) is 0 Å². The fourth-order valence-electron chi connectivity index (χ4n) is 3.15. The second kappa shape index (κ2) is 9.10. The molecule has 1 atom stereocenters. The topological polar surface area (TPSA) is 67.6 Å². The van der Waals surface area contributed by atoms with E-state index in [1.165, 1.54) is 12.1 Å². The number of rotatable bonds is 8. The van der Waals surface area contributed by atoms with E-state index >= 15 is 0 Å². The third-order valence-corrected chi connectivity index (χ3v) is 4.53. The highest BCUT2D eigenvalue weighted by molar-refractivity contribution is 5.91. The van der Waals surface area contributed by atoms with Gasteiger partial charge in [-0.15, -0.1) is 0 Å². The Morgan fingerprint density at radius 2 is 2.26 bits per heavy atom. The molecular formula is C20H26FN3O3. The number of carbonyl (C=O) groups is 1. The van der Waals surface area contributed by atoms with Gasteiger partial charge in [-0.3, -0.25) is 15.0 Å². The van der Waals surface area contributed by atoms with E-state index in [2.05, 4.69) is 10.5 Å². The van der Waals surface area contributed by atoms with Gasteiger partial charge < -0.3 is 9.26 Å². The Hall–Kier alpha value is -2.25. The number of carbonyl (C=O) groups excluding carboxylic acids is 1. The Labute approximate surface area is 158 Å². The quantitative estimate of drug-likeness (QED) is 0.764. The molecule has 1 saturated heterocycles. The van der Waals surface area contributed by atoms with E-state index < -0.39 is 0 Å². The molecule has 1 aromatic heterocycles. The average Bonchev–Trinajstić information content (AvgIpc) is 3.26. The van der Waals surface area contributed by atoms with Crippen LogP contribution in [0.4, 0.5) is 10.3 Å². The van der Waals surface area contributed by atoms with Crippen LogP contribution in [0.3, 0.4) is 0 Å². The molecular weight excluding hydrogens is 349 g/mol. The third kappa shape index (κ3) is 5.87. The van der Waals surface area contributed by atoms with Crippen molar-refractivity contribution < 1.29 is 18.4 Å². The van der Waals surface area contributed by atoms with Crippen LogP contribution in [0.5, 0.6) is 0 Å². The van der Waals surface area contributed by atoms with Crippen LogP contribution >= 0.6 is 0 Å². The predicted molar refractivity (Wildman–Crippen MR) is 99.9 cm³/mol. The Balaban J connectivity index is 1.62. The maximum Gasteiger partial charge on any atom is 0.240 e. The maximum absolute atomic E-state index is 13.5. The van der Waals surface area contributed by atoms with E-state index in [-0.39, 0.29) is 30.3 Å². The van der Waals surface area contributed by atoms with Gasteiger partial charge in [-0.25, -0.2) is 4.39 Å². The number of amides is 1. The molecule has 1 aromatic carbocycles. The van der Waals surface area contributed by atoms with E-state index in [1.807, 2.05) is 24.8 Å². The van der Waals surface area contributed by atoms with Crippen LogP contribution in [-0.4, -0.2) is 41.8 Å². The first kappa shape index (κ1) is 19.5. The van der Waals surface area contributed by atoms with Crippen molar-refractivity contribution in [3.63, 3.8) is 0 Å². The van der Waals surface area contributed by atoms with Crippen LogP contribution in [0.15, 0.2) is 34.9 Å². The Kier molecular flexibility index (Phi) is 6.58. The van der Waals surface area contributed by atoms with Crippen molar-refractivity contribution in [1.29, 1.82) is 0 Å². The lowest BCUT2D eigenvalue weighted by molar-refractivity contribution is -0.117. The summed E-state index contributed by atoms with van der Waals surface area (Å²) < 4.78 is 24.4. The molecule has 1 aliphatic heterocycles. The van der Waals surface area contributed by atoms with E-state index in [9.17, 15) is 9.18 Å². The highest BCUT2D eigenvalue weighted by atomic mass is 19.1. The lowest BCUT2D eigenvalue weighted by Gasteiger charge is -2.24. The van der Waals surface area contributed by atoms with Crippen LogP contribution in [-0.2, 0) is 16.1 Å². The first-order chi connectivity index (χ1) is 13.0. The van der Waals surface area contributed by atoms with Crippen molar-refractivity contribution in [2.24, 2.45) is 0 Å². The molecule has 0 radical (unpaired) electrons. The van der Waals surface area contributed by atoms with Crippen molar-refractivity contribution in [1.82, 2.24) is 10.1 Å². The van der Waals surface area contributed by atoms with Crippen molar-refractivity contribution >= 4 is 11.8 Å². The molecule has 2 heterocycles. The van der Waals surface area contributed by atoms with Gasteiger partial charge in [0, 0.05) is 25.8 Å². The number of nitrogens with zero attached hydrogens (tertiary/aromatic N) is 2. The molecule has 0 spiro atoms. The van der Waals surface area contributed by atoms with E-state index in [4.69, 9.17) is 9.26 Å². The zero-order chi connectivity index (χ0) is 19.2. The summed E-state index contributed by atoms with van der Waals surface area (Å²) in [6.45, 7) is 6.02. The zero-order valence-corrected chi connectivity index (χ0v) is 15.8. The number of hydrogen-bond donors (Lipinski definition) is 1. The summed E-state index contributed by atoms with van der Waals surface area (Å²) in [5.74, 6) is 0.0858. The summed E-state index contributed by atoms with van der Waals surface area (Å²) >= 11 is 0. The van der Waals surface area contributed by atoms with Crippen LogP contribution in [0.25, 0.3) is 0 Å². The fourth-order valence-corrected chi connectivity index (χ4v) is 3.15. The molecule has 146 valence electrons. The molecule has 0 bridgehead atoms. The normalized spacial score (nSPS) is 17.0. The Morgan fingerprint density at radius 3 is 2.93 bits per heavy atom. The minimum absolute atomic E-state index is 0.101. The molecule has 1 aliphatic rings. The molecule has 2 aromatic rings.